The number of anilines is 1. The van der Waals surface area contributed by atoms with Gasteiger partial charge in [-0.15, -0.1) is 11.3 Å². The van der Waals surface area contributed by atoms with E-state index >= 15 is 0 Å². The van der Waals surface area contributed by atoms with Crippen LogP contribution in [0.4, 0.5) is 9.52 Å². The van der Waals surface area contributed by atoms with Gasteiger partial charge >= 0.3 is 0 Å². The van der Waals surface area contributed by atoms with Crippen LogP contribution in [0.2, 0.25) is 0 Å². The largest absolute Gasteiger partial charge is 0.503 e. The number of methoxy groups -OCH3 is 1. The molecule has 5 rings (SSSR count). The Labute approximate surface area is 197 Å². The highest BCUT2D eigenvalue weighted by molar-refractivity contribution is 7.15. The van der Waals surface area contributed by atoms with Gasteiger partial charge in [-0.05, 0) is 32.0 Å². The van der Waals surface area contributed by atoms with Crippen LogP contribution in [-0.2, 0) is 4.79 Å². The molecular formula is C25H19FN2O5S. The first-order valence-corrected chi connectivity index (χ1v) is 11.2. The number of carbonyl (C=O) groups is 2. The molecule has 0 saturated carbocycles. The molecule has 172 valence electrons. The average Bonchev–Trinajstić information content (AvgIpc) is 3.48. The van der Waals surface area contributed by atoms with E-state index in [0.717, 1.165) is 9.78 Å². The Bertz CT molecular complexity index is 1480. The van der Waals surface area contributed by atoms with Crippen LogP contribution < -0.4 is 9.64 Å². The van der Waals surface area contributed by atoms with Crippen molar-refractivity contribution in [1.29, 1.82) is 0 Å². The molecule has 1 atom stereocenters. The lowest BCUT2D eigenvalue weighted by Crippen LogP contribution is -2.31. The molecule has 2 aromatic carbocycles. The minimum absolute atomic E-state index is 0.0578. The van der Waals surface area contributed by atoms with Crippen molar-refractivity contribution >= 4 is 39.1 Å². The zero-order valence-electron chi connectivity index (χ0n) is 18.5. The fourth-order valence-electron chi connectivity index (χ4n) is 4.03. The highest BCUT2D eigenvalue weighted by Crippen LogP contribution is 2.44. The lowest BCUT2D eigenvalue weighted by atomic mass is 9.95. The van der Waals surface area contributed by atoms with E-state index in [2.05, 4.69) is 4.98 Å². The number of Topliss-reactive ketones (excluding diaryl/α,β-unsaturated/α-hetero) is 1. The fraction of sp³-hybridized carbons (Fsp3) is 0.160. The molecule has 1 N–H and O–H groups in total. The van der Waals surface area contributed by atoms with Crippen LogP contribution in [0.25, 0.3) is 11.0 Å². The third kappa shape index (κ3) is 3.28. The van der Waals surface area contributed by atoms with E-state index in [-0.39, 0.29) is 22.0 Å². The number of furan rings is 1. The maximum atomic E-state index is 15.0. The molecular weight excluding hydrogens is 459 g/mol. The van der Waals surface area contributed by atoms with Gasteiger partial charge in [0, 0.05) is 15.8 Å². The molecule has 0 spiro atoms. The van der Waals surface area contributed by atoms with Crippen molar-refractivity contribution in [2.24, 2.45) is 0 Å². The first kappa shape index (κ1) is 21.8. The second kappa shape index (κ2) is 8.11. The van der Waals surface area contributed by atoms with Gasteiger partial charge in [-0.25, -0.2) is 9.37 Å². The number of thiazole rings is 1. The van der Waals surface area contributed by atoms with Gasteiger partial charge in [-0.1, -0.05) is 30.3 Å². The number of carbonyl (C=O) groups excluding carboxylic acids is 2. The normalized spacial score (nSPS) is 16.1. The number of ketones is 1. The molecule has 34 heavy (non-hydrogen) atoms. The van der Waals surface area contributed by atoms with Crippen LogP contribution in [0.5, 0.6) is 5.75 Å². The number of rotatable bonds is 5. The summed E-state index contributed by atoms with van der Waals surface area (Å²) in [6, 6.07) is 11.3. The number of amides is 1. The van der Waals surface area contributed by atoms with Gasteiger partial charge in [0.1, 0.15) is 11.9 Å². The van der Waals surface area contributed by atoms with Crippen molar-refractivity contribution in [2.75, 3.05) is 12.0 Å². The number of fused-ring (bicyclic) bond motifs is 1. The number of aryl methyl sites for hydroxylation is 2. The van der Waals surface area contributed by atoms with Crippen molar-refractivity contribution in [3.05, 3.63) is 87.6 Å². The Hall–Kier alpha value is -3.98. The number of aromatic nitrogens is 1. The Balaban J connectivity index is 1.69. The van der Waals surface area contributed by atoms with Crippen molar-refractivity contribution in [1.82, 2.24) is 4.98 Å². The van der Waals surface area contributed by atoms with Gasteiger partial charge in [0.05, 0.1) is 18.4 Å². The first-order valence-electron chi connectivity index (χ1n) is 10.4. The molecule has 9 heteroatoms. The monoisotopic (exact) mass is 478 g/mol. The quantitative estimate of drug-likeness (QED) is 0.384. The van der Waals surface area contributed by atoms with E-state index in [9.17, 15) is 19.1 Å². The van der Waals surface area contributed by atoms with Crippen LogP contribution in [-0.4, -0.2) is 28.9 Å². The lowest BCUT2D eigenvalue weighted by Gasteiger charge is -2.24. The molecule has 1 amide bonds. The summed E-state index contributed by atoms with van der Waals surface area (Å²) >= 11 is 1.22. The Morgan fingerprint density at radius 1 is 1.21 bits per heavy atom. The van der Waals surface area contributed by atoms with Crippen molar-refractivity contribution in [3.63, 3.8) is 0 Å². The van der Waals surface area contributed by atoms with E-state index < -0.39 is 29.3 Å². The van der Waals surface area contributed by atoms with E-state index in [0.29, 0.717) is 22.4 Å². The predicted molar refractivity (Wildman–Crippen MR) is 125 cm³/mol. The molecule has 7 nitrogen and oxygen atoms in total. The van der Waals surface area contributed by atoms with Crippen molar-refractivity contribution < 1.29 is 28.2 Å². The Kier molecular flexibility index (Phi) is 5.21. The van der Waals surface area contributed by atoms with E-state index in [1.54, 1.807) is 31.2 Å². The molecule has 0 saturated heterocycles. The summed E-state index contributed by atoms with van der Waals surface area (Å²) in [5.41, 5.74) is 0.827. The predicted octanol–water partition coefficient (Wildman–Crippen LogP) is 5.44. The number of aliphatic hydroxyl groups is 1. The SMILES string of the molecule is COc1cccc2cc(C(=O)C3=C(O)C(=O)N(c4nc(C)c(C)s4)[C@@H]3c3ccccc3F)oc12. The molecule has 0 bridgehead atoms. The number of hydrogen-bond acceptors (Lipinski definition) is 7. The van der Waals surface area contributed by atoms with Crippen molar-refractivity contribution in [2.45, 2.75) is 19.9 Å². The minimum atomic E-state index is -1.22. The van der Waals surface area contributed by atoms with Crippen LogP contribution in [0.3, 0.4) is 0 Å². The molecule has 2 aromatic heterocycles. The topological polar surface area (TPSA) is 92.9 Å². The number of nitrogens with zero attached hydrogens (tertiary/aromatic N) is 2. The smallest absolute Gasteiger partial charge is 0.296 e. The Morgan fingerprint density at radius 2 is 1.97 bits per heavy atom. The number of benzene rings is 2. The third-order valence-electron chi connectivity index (χ3n) is 5.83. The average molecular weight is 479 g/mol. The van der Waals surface area contributed by atoms with E-state index in [1.807, 2.05) is 6.92 Å². The number of ether oxygens (including phenoxy) is 1. The summed E-state index contributed by atoms with van der Waals surface area (Å²) in [7, 11) is 1.48. The van der Waals surface area contributed by atoms with Gasteiger partial charge < -0.3 is 14.3 Å². The summed E-state index contributed by atoms with van der Waals surface area (Å²) in [5.74, 6) is -2.64. The minimum Gasteiger partial charge on any atom is -0.503 e. The molecule has 0 aliphatic carbocycles. The van der Waals surface area contributed by atoms with Gasteiger partial charge in [0.25, 0.3) is 5.91 Å². The first-order chi connectivity index (χ1) is 16.3. The highest BCUT2D eigenvalue weighted by atomic mass is 32.1. The zero-order valence-corrected chi connectivity index (χ0v) is 19.3. The number of para-hydroxylation sites is 1. The van der Waals surface area contributed by atoms with Crippen LogP contribution in [0, 0.1) is 19.7 Å². The molecule has 3 heterocycles. The maximum Gasteiger partial charge on any atom is 0.296 e. The summed E-state index contributed by atoms with van der Waals surface area (Å²) in [6.45, 7) is 3.63. The van der Waals surface area contributed by atoms with Crippen LogP contribution in [0.15, 0.2) is 64.3 Å². The van der Waals surface area contributed by atoms with Gasteiger partial charge in [-0.2, -0.15) is 0 Å². The Morgan fingerprint density at radius 3 is 2.65 bits per heavy atom. The van der Waals surface area contributed by atoms with Gasteiger partial charge in [0.15, 0.2) is 28.0 Å². The van der Waals surface area contributed by atoms with Crippen LogP contribution in [0.1, 0.15) is 32.7 Å². The number of halogens is 1. The van der Waals surface area contributed by atoms with Crippen LogP contribution >= 0.6 is 11.3 Å². The summed E-state index contributed by atoms with van der Waals surface area (Å²) in [5, 5.41) is 11.7. The third-order valence-corrected chi connectivity index (χ3v) is 6.90. The second-order valence-electron chi connectivity index (χ2n) is 7.82. The van der Waals surface area contributed by atoms with Gasteiger partial charge in [-0.3, -0.25) is 14.5 Å². The summed E-state index contributed by atoms with van der Waals surface area (Å²) in [4.78, 5) is 33.3. The van der Waals surface area contributed by atoms with E-state index in [4.69, 9.17) is 9.15 Å². The van der Waals surface area contributed by atoms with Crippen molar-refractivity contribution in [3.8, 4) is 5.75 Å². The number of hydrogen-bond donors (Lipinski definition) is 1. The molecule has 0 fully saturated rings. The highest BCUT2D eigenvalue weighted by Gasteiger charge is 2.47. The fourth-order valence-corrected chi connectivity index (χ4v) is 4.96. The van der Waals surface area contributed by atoms with E-state index in [1.165, 1.54) is 42.7 Å². The summed E-state index contributed by atoms with van der Waals surface area (Å²) < 4.78 is 26.0. The molecule has 0 unspecified atom stereocenters. The number of aliphatic hydroxyl groups excluding tert-OH is 1. The summed E-state index contributed by atoms with van der Waals surface area (Å²) in [6.07, 6.45) is 0. The molecule has 1 aliphatic rings. The molecule has 0 radical (unpaired) electrons. The lowest BCUT2D eigenvalue weighted by molar-refractivity contribution is -0.117. The molecule has 4 aromatic rings. The van der Waals surface area contributed by atoms with Gasteiger partial charge in [0.2, 0.25) is 5.78 Å². The second-order valence-corrected chi connectivity index (χ2v) is 9.00. The maximum absolute atomic E-state index is 15.0. The zero-order chi connectivity index (χ0) is 24.1. The standard InChI is InChI=1S/C25H19FN2O5S/c1-12-13(2)34-25(27-12)28-20(15-8-4-5-9-16(15)26)19(22(30)24(28)31)21(29)18-11-14-7-6-10-17(32-3)23(14)33-18/h4-11,20,30H,1-3H3/t20-/m1/s1. The molecule has 1 aliphatic heterocycles.